The van der Waals surface area contributed by atoms with E-state index in [1.54, 1.807) is 51.2 Å². The smallest absolute Gasteiger partial charge is 0.226 e. The number of ether oxygens (including phenoxy) is 2. The molecule has 2 amide bonds. The summed E-state index contributed by atoms with van der Waals surface area (Å²) >= 11 is 0. The highest BCUT2D eigenvalue weighted by atomic mass is 16.5. The second-order valence-electron chi connectivity index (χ2n) is 17.5. The molecular weight excluding hydrogens is 821 g/mol. The highest BCUT2D eigenvalue weighted by Crippen LogP contribution is 2.41. The average molecular weight is 893 g/mol. The van der Waals surface area contributed by atoms with Gasteiger partial charge in [-0.25, -0.2) is 0 Å². The summed E-state index contributed by atoms with van der Waals surface area (Å²) in [6, 6.07) is 16.5. The van der Waals surface area contributed by atoms with Crippen molar-refractivity contribution in [2.45, 2.75) is 123 Å². The lowest BCUT2D eigenvalue weighted by Gasteiger charge is -2.32. The molecule has 0 aliphatic carbocycles. The second kappa shape index (κ2) is 26.5. The number of nitrogens with one attached hydrogen (secondary N) is 1. The highest BCUT2D eigenvalue weighted by Gasteiger charge is 2.36. The van der Waals surface area contributed by atoms with E-state index in [-0.39, 0.29) is 76.5 Å². The van der Waals surface area contributed by atoms with Crippen molar-refractivity contribution in [1.29, 1.82) is 5.26 Å². The second-order valence-corrected chi connectivity index (χ2v) is 17.5. The maximum atomic E-state index is 14.8. The van der Waals surface area contributed by atoms with Crippen LogP contribution in [0.3, 0.4) is 0 Å². The molecule has 4 bridgehead atoms. The van der Waals surface area contributed by atoms with Crippen LogP contribution in [-0.2, 0) is 38.4 Å². The number of aryl methyl sites for hydroxylation is 2. The van der Waals surface area contributed by atoms with Crippen LogP contribution in [0.1, 0.15) is 131 Å². The Kier molecular flexibility index (Phi) is 21.3. The Bertz CT molecular complexity index is 2130. The molecule has 0 spiro atoms. The third-order valence-electron chi connectivity index (χ3n) is 12.2. The lowest BCUT2D eigenvalue weighted by Crippen LogP contribution is -2.46. The van der Waals surface area contributed by atoms with E-state index in [0.29, 0.717) is 45.7 Å². The van der Waals surface area contributed by atoms with Crippen LogP contribution in [-0.4, -0.2) is 80.0 Å². The minimum absolute atomic E-state index is 0.0792. The van der Waals surface area contributed by atoms with Crippen molar-refractivity contribution >= 4 is 29.2 Å². The number of nitrogens with two attached hydrogens (primary N) is 3. The lowest BCUT2D eigenvalue weighted by molar-refractivity contribution is -0.142. The number of Topliss-reactive ketones (excluding diaryl/α,β-unsaturated/α-hetero) is 3. The summed E-state index contributed by atoms with van der Waals surface area (Å²) in [7, 11) is 1.54. The van der Waals surface area contributed by atoms with Gasteiger partial charge in [-0.2, -0.15) is 5.26 Å². The number of nitriles is 1. The summed E-state index contributed by atoms with van der Waals surface area (Å²) in [5, 5.41) is 12.4. The summed E-state index contributed by atoms with van der Waals surface area (Å²) in [6.07, 6.45) is 8.66. The first kappa shape index (κ1) is 52.2. The van der Waals surface area contributed by atoms with E-state index < -0.39 is 47.4 Å². The maximum Gasteiger partial charge on any atom is 0.226 e. The van der Waals surface area contributed by atoms with Crippen LogP contribution in [0.5, 0.6) is 11.5 Å². The molecule has 65 heavy (non-hydrogen) atoms. The van der Waals surface area contributed by atoms with Gasteiger partial charge in [0.05, 0.1) is 18.0 Å². The van der Waals surface area contributed by atoms with E-state index in [0.717, 1.165) is 18.4 Å². The Hall–Kier alpha value is -5.42. The molecule has 1 aliphatic heterocycles. The van der Waals surface area contributed by atoms with E-state index >= 15 is 0 Å². The minimum Gasteiger partial charge on any atom is -0.492 e. The van der Waals surface area contributed by atoms with Gasteiger partial charge in [-0.1, -0.05) is 83.2 Å². The Morgan fingerprint density at radius 3 is 2.15 bits per heavy atom. The van der Waals surface area contributed by atoms with Gasteiger partial charge in [0.1, 0.15) is 30.8 Å². The molecule has 0 fully saturated rings. The first-order valence-corrected chi connectivity index (χ1v) is 23.6. The number of benzene rings is 3. The van der Waals surface area contributed by atoms with Crippen molar-refractivity contribution in [2.24, 2.45) is 35.0 Å². The Balaban J connectivity index is 1.78. The first-order chi connectivity index (χ1) is 31.3. The normalized spacial score (nSPS) is 17.2. The van der Waals surface area contributed by atoms with Gasteiger partial charge in [0.25, 0.3) is 0 Å². The number of likely N-dealkylation sites (N-methyl/N-ethyl adjacent to an activating group) is 1. The molecule has 0 unspecified atom stereocenters. The Morgan fingerprint density at radius 1 is 0.846 bits per heavy atom. The maximum absolute atomic E-state index is 14.8. The van der Waals surface area contributed by atoms with Crippen molar-refractivity contribution in [2.75, 3.05) is 39.9 Å². The van der Waals surface area contributed by atoms with Crippen LogP contribution in [0, 0.1) is 29.1 Å². The summed E-state index contributed by atoms with van der Waals surface area (Å²) < 4.78 is 12.3. The highest BCUT2D eigenvalue weighted by molar-refractivity contribution is 6.01. The molecule has 13 heteroatoms. The largest absolute Gasteiger partial charge is 0.492 e. The number of ketones is 3. The van der Waals surface area contributed by atoms with Crippen LogP contribution in [0.25, 0.3) is 11.1 Å². The van der Waals surface area contributed by atoms with Gasteiger partial charge in [-0.05, 0) is 92.1 Å². The first-order valence-electron chi connectivity index (χ1n) is 23.6. The molecule has 7 N–H and O–H groups in total. The predicted octanol–water partition coefficient (Wildman–Crippen LogP) is 6.99. The Morgan fingerprint density at radius 2 is 1.51 bits per heavy atom. The van der Waals surface area contributed by atoms with Gasteiger partial charge in [0.15, 0.2) is 17.3 Å². The molecule has 0 saturated carbocycles. The number of amides is 2. The molecular formula is C52H72N6O7. The number of hydrogen-bond acceptors (Lipinski definition) is 11. The number of fused-ring (bicyclic) bond motifs is 5. The minimum atomic E-state index is -1.20. The van der Waals surface area contributed by atoms with E-state index in [2.05, 4.69) is 24.4 Å². The molecule has 0 aromatic heterocycles. The molecule has 3 aromatic carbocycles. The molecule has 4 rings (SSSR count). The van der Waals surface area contributed by atoms with Gasteiger partial charge in [0, 0.05) is 67.9 Å². The molecule has 13 nitrogen and oxygen atoms in total. The van der Waals surface area contributed by atoms with E-state index in [1.807, 2.05) is 25.1 Å². The number of carbonyl (C=O) groups excluding carboxylic acids is 5. The zero-order valence-electron chi connectivity index (χ0n) is 39.3. The fourth-order valence-corrected chi connectivity index (χ4v) is 8.59. The summed E-state index contributed by atoms with van der Waals surface area (Å²) in [6.45, 7) is 8.45. The van der Waals surface area contributed by atoms with E-state index in [4.69, 9.17) is 26.7 Å². The number of carbonyl (C=O) groups is 5. The van der Waals surface area contributed by atoms with Crippen LogP contribution in [0.2, 0.25) is 0 Å². The number of hydrogen-bond donors (Lipinski definition) is 4. The quantitative estimate of drug-likeness (QED) is 0.0530. The Labute approximate surface area is 386 Å². The van der Waals surface area contributed by atoms with Crippen molar-refractivity contribution in [3.05, 3.63) is 82.4 Å². The fraction of sp³-hybridized carbons (Fsp3) is 0.538. The average Bonchev–Trinajstić information content (AvgIpc) is 3.30. The molecule has 1 aliphatic rings. The van der Waals surface area contributed by atoms with E-state index in [9.17, 15) is 29.2 Å². The van der Waals surface area contributed by atoms with Gasteiger partial charge >= 0.3 is 0 Å². The van der Waals surface area contributed by atoms with Crippen LogP contribution < -0.4 is 32.0 Å². The SMILES string of the molecule is CCCCCCCCc1ccc(C(=O)C[C@@H](CCN)C(=O)N(C)[C@@H]2C(=O)C[C@@H](C)C(=O)N[C@H](C(=O)C[C@H](C)C#N)Cc3ccc(OCCN)c(c3)-c3cc2ccc3OCCN)c(CC)c1. The molecule has 1 heterocycles. The molecule has 0 saturated heterocycles. The number of unbranched alkanes of at least 4 members (excludes halogenated alkanes) is 5. The van der Waals surface area contributed by atoms with Crippen molar-refractivity contribution in [1.82, 2.24) is 10.2 Å². The lowest BCUT2D eigenvalue weighted by atomic mass is 9.87. The summed E-state index contributed by atoms with van der Waals surface area (Å²) in [4.78, 5) is 72.6. The van der Waals surface area contributed by atoms with Gasteiger partial charge in [-0.3, -0.25) is 24.0 Å². The van der Waals surface area contributed by atoms with Crippen molar-refractivity contribution in [3.8, 4) is 28.7 Å². The van der Waals surface area contributed by atoms with Gasteiger partial charge in [-0.15, -0.1) is 0 Å². The van der Waals surface area contributed by atoms with Crippen molar-refractivity contribution < 1.29 is 33.4 Å². The van der Waals surface area contributed by atoms with E-state index in [1.165, 1.54) is 42.6 Å². The zero-order chi connectivity index (χ0) is 47.5. The predicted molar refractivity (Wildman–Crippen MR) is 254 cm³/mol. The van der Waals surface area contributed by atoms with Crippen molar-refractivity contribution in [3.63, 3.8) is 0 Å². The van der Waals surface area contributed by atoms with Crippen LogP contribution in [0.4, 0.5) is 0 Å². The third-order valence-corrected chi connectivity index (χ3v) is 12.2. The number of rotatable bonds is 24. The van der Waals surface area contributed by atoms with Crippen LogP contribution >= 0.6 is 0 Å². The third kappa shape index (κ3) is 14.8. The molecule has 5 atom stereocenters. The fourth-order valence-electron chi connectivity index (χ4n) is 8.59. The van der Waals surface area contributed by atoms with Gasteiger partial charge < -0.3 is 36.9 Å². The van der Waals surface area contributed by atoms with Crippen LogP contribution in [0.15, 0.2) is 54.6 Å². The molecule has 352 valence electrons. The van der Waals surface area contributed by atoms with Gasteiger partial charge in [0.2, 0.25) is 11.8 Å². The number of nitrogens with zero attached hydrogens (tertiary/aromatic N) is 2. The molecule has 3 aromatic rings. The topological polar surface area (TPSA) is 221 Å². The monoisotopic (exact) mass is 893 g/mol. The molecule has 0 radical (unpaired) electrons. The summed E-state index contributed by atoms with van der Waals surface area (Å²) in [5.74, 6) is -3.30. The zero-order valence-corrected chi connectivity index (χ0v) is 39.3. The standard InChI is InChI=1S/C52H72N6O7/c1-6-8-9-10-11-12-13-36-14-17-41(38(7-2)28-36)45(59)32-40(20-21-53)52(63)58(5)50-39-16-19-49(65-25-23-55)43(31-39)42-29-37(15-18-48(42)64-24-22-54)30-44(46(60)26-34(3)33-56)57-51(62)35(4)27-47(50)61/h14-19,28-29,31,34-35,40,44,50H,6-13,20-27,30,32,53-55H2,1-5H3,(H,57,62)/t34-,35+,40+,44-,50-/m0/s1. The summed E-state index contributed by atoms with van der Waals surface area (Å²) in [5.41, 5.74) is 22.8.